The topological polar surface area (TPSA) is 54.1 Å². The average Bonchev–Trinajstić information content (AvgIpc) is 2.76. The molecule has 1 unspecified atom stereocenters. The molecule has 20 heavy (non-hydrogen) atoms. The van der Waals surface area contributed by atoms with Crippen LogP contribution in [0.2, 0.25) is 0 Å². The molecule has 2 N–H and O–H groups in total. The lowest BCUT2D eigenvalue weighted by Gasteiger charge is -2.23. The third-order valence-corrected chi connectivity index (χ3v) is 3.94. The van der Waals surface area contributed by atoms with Crippen molar-refractivity contribution in [2.45, 2.75) is 39.2 Å². The van der Waals surface area contributed by atoms with Gasteiger partial charge in [-0.25, -0.2) is 4.79 Å². The molecule has 0 saturated heterocycles. The number of aryl methyl sites for hydroxylation is 2. The lowest BCUT2D eigenvalue weighted by Crippen LogP contribution is -2.39. The van der Waals surface area contributed by atoms with Crippen LogP contribution in [0.25, 0.3) is 10.9 Å². The predicted octanol–water partition coefficient (Wildman–Crippen LogP) is 3.08. The summed E-state index contributed by atoms with van der Waals surface area (Å²) >= 11 is 0. The normalized spacial score (nSPS) is 17.8. The molecule has 0 radical (unpaired) electrons. The van der Waals surface area contributed by atoms with E-state index in [0.717, 1.165) is 19.3 Å². The van der Waals surface area contributed by atoms with Crippen LogP contribution in [-0.2, 0) is 17.6 Å². The van der Waals surface area contributed by atoms with Crippen molar-refractivity contribution < 1.29 is 9.53 Å². The molecular weight excluding hydrogens is 252 g/mol. The molecule has 1 amide bonds. The molecule has 1 aliphatic rings. The van der Waals surface area contributed by atoms with E-state index in [2.05, 4.69) is 35.4 Å². The van der Waals surface area contributed by atoms with Crippen LogP contribution in [0.5, 0.6) is 0 Å². The van der Waals surface area contributed by atoms with E-state index in [-0.39, 0.29) is 12.1 Å². The van der Waals surface area contributed by atoms with Gasteiger partial charge in [-0.15, -0.1) is 0 Å². The first kappa shape index (κ1) is 13.0. The molecule has 3 rings (SSSR count). The van der Waals surface area contributed by atoms with Crippen molar-refractivity contribution in [1.82, 2.24) is 10.3 Å². The highest BCUT2D eigenvalue weighted by atomic mass is 16.5. The monoisotopic (exact) mass is 272 g/mol. The number of nitrogens with one attached hydrogen (secondary N) is 2. The first-order valence-electron chi connectivity index (χ1n) is 7.20. The summed E-state index contributed by atoms with van der Waals surface area (Å²) in [5, 5.41) is 4.26. The highest BCUT2D eigenvalue weighted by Crippen LogP contribution is 2.29. The molecule has 1 aromatic carbocycles. The van der Waals surface area contributed by atoms with Crippen molar-refractivity contribution in [3.8, 4) is 0 Å². The minimum Gasteiger partial charge on any atom is -0.450 e. The van der Waals surface area contributed by atoms with Gasteiger partial charge in [0.1, 0.15) is 0 Å². The number of H-pyrrole nitrogens is 1. The Balaban J connectivity index is 1.81. The molecule has 2 aromatic rings. The summed E-state index contributed by atoms with van der Waals surface area (Å²) in [6.07, 6.45) is 2.50. The van der Waals surface area contributed by atoms with E-state index in [1.807, 2.05) is 6.92 Å². The minimum absolute atomic E-state index is 0.163. The number of carbonyl (C=O) groups excluding carboxylic acids is 1. The number of carbonyl (C=O) groups is 1. The maximum atomic E-state index is 11.5. The van der Waals surface area contributed by atoms with E-state index in [1.54, 1.807) is 0 Å². The van der Waals surface area contributed by atoms with E-state index in [9.17, 15) is 4.79 Å². The van der Waals surface area contributed by atoms with Gasteiger partial charge in [-0.3, -0.25) is 0 Å². The van der Waals surface area contributed by atoms with Crippen LogP contribution in [0.3, 0.4) is 0 Å². The number of ether oxygens (including phenoxy) is 1. The lowest BCUT2D eigenvalue weighted by atomic mass is 9.91. The number of fused-ring (bicyclic) bond motifs is 3. The number of benzene rings is 1. The molecule has 1 aromatic heterocycles. The Labute approximate surface area is 118 Å². The second kappa shape index (κ2) is 5.19. The van der Waals surface area contributed by atoms with Crippen molar-refractivity contribution in [1.29, 1.82) is 0 Å². The fourth-order valence-electron chi connectivity index (χ4n) is 3.01. The summed E-state index contributed by atoms with van der Waals surface area (Å²) < 4.78 is 4.95. The number of alkyl carbamates (subject to hydrolysis) is 1. The fraction of sp³-hybridized carbons (Fsp3) is 0.438. The van der Waals surface area contributed by atoms with Crippen LogP contribution < -0.4 is 5.32 Å². The Bertz CT molecular complexity index is 645. The zero-order valence-corrected chi connectivity index (χ0v) is 12.0. The molecule has 4 heteroatoms. The summed E-state index contributed by atoms with van der Waals surface area (Å²) in [6.45, 7) is 4.35. The van der Waals surface area contributed by atoms with Gasteiger partial charge in [0.25, 0.3) is 0 Å². The number of aromatic nitrogens is 1. The zero-order chi connectivity index (χ0) is 14.1. The maximum absolute atomic E-state index is 11.5. The van der Waals surface area contributed by atoms with E-state index >= 15 is 0 Å². The van der Waals surface area contributed by atoms with Gasteiger partial charge in [-0.05, 0) is 44.4 Å². The highest BCUT2D eigenvalue weighted by Gasteiger charge is 2.23. The van der Waals surface area contributed by atoms with Gasteiger partial charge < -0.3 is 15.0 Å². The number of amides is 1. The zero-order valence-electron chi connectivity index (χ0n) is 12.0. The minimum atomic E-state index is -0.312. The first-order valence-corrected chi connectivity index (χ1v) is 7.20. The van der Waals surface area contributed by atoms with Gasteiger partial charge in [0.05, 0.1) is 6.61 Å². The van der Waals surface area contributed by atoms with Crippen LogP contribution in [0.15, 0.2) is 18.2 Å². The highest BCUT2D eigenvalue weighted by molar-refractivity contribution is 5.85. The van der Waals surface area contributed by atoms with Gasteiger partial charge in [0.2, 0.25) is 0 Å². The third kappa shape index (κ3) is 2.38. The van der Waals surface area contributed by atoms with E-state index in [1.165, 1.54) is 27.7 Å². The second-order valence-electron chi connectivity index (χ2n) is 5.44. The number of hydrogen-bond donors (Lipinski definition) is 2. The van der Waals surface area contributed by atoms with Crippen molar-refractivity contribution in [2.24, 2.45) is 0 Å². The maximum Gasteiger partial charge on any atom is 0.407 e. The molecular formula is C16H20N2O2. The van der Waals surface area contributed by atoms with Crippen molar-refractivity contribution in [2.75, 3.05) is 6.61 Å². The number of rotatable bonds is 2. The van der Waals surface area contributed by atoms with Crippen LogP contribution in [0, 0.1) is 6.92 Å². The molecule has 4 nitrogen and oxygen atoms in total. The third-order valence-electron chi connectivity index (χ3n) is 3.94. The first-order chi connectivity index (χ1) is 9.67. The largest absolute Gasteiger partial charge is 0.450 e. The fourth-order valence-corrected chi connectivity index (χ4v) is 3.01. The summed E-state index contributed by atoms with van der Waals surface area (Å²) in [4.78, 5) is 15.0. The molecule has 0 aliphatic heterocycles. The van der Waals surface area contributed by atoms with Crippen LogP contribution in [0.1, 0.15) is 30.2 Å². The quantitative estimate of drug-likeness (QED) is 0.882. The van der Waals surface area contributed by atoms with Gasteiger partial charge in [-0.1, -0.05) is 11.6 Å². The van der Waals surface area contributed by atoms with Crippen LogP contribution in [0.4, 0.5) is 4.79 Å². The second-order valence-corrected chi connectivity index (χ2v) is 5.44. The Morgan fingerprint density at radius 3 is 3.15 bits per heavy atom. The molecule has 1 heterocycles. The van der Waals surface area contributed by atoms with Gasteiger partial charge in [0.15, 0.2) is 0 Å². The van der Waals surface area contributed by atoms with Crippen LogP contribution >= 0.6 is 0 Å². The van der Waals surface area contributed by atoms with Gasteiger partial charge in [0, 0.05) is 29.1 Å². The lowest BCUT2D eigenvalue weighted by molar-refractivity contribution is 0.147. The number of hydrogen-bond acceptors (Lipinski definition) is 2. The van der Waals surface area contributed by atoms with Gasteiger partial charge in [-0.2, -0.15) is 0 Å². The van der Waals surface area contributed by atoms with Crippen molar-refractivity contribution >= 4 is 17.0 Å². The van der Waals surface area contributed by atoms with Crippen LogP contribution in [-0.4, -0.2) is 23.7 Å². The smallest absolute Gasteiger partial charge is 0.407 e. The van der Waals surface area contributed by atoms with Crippen molar-refractivity contribution in [3.63, 3.8) is 0 Å². The Kier molecular flexibility index (Phi) is 3.38. The Morgan fingerprint density at radius 2 is 2.35 bits per heavy atom. The van der Waals surface area contributed by atoms with Gasteiger partial charge >= 0.3 is 6.09 Å². The molecule has 0 fully saturated rings. The summed E-state index contributed by atoms with van der Waals surface area (Å²) in [5.74, 6) is 0. The SMILES string of the molecule is CCOC(=O)NC1CCc2c([nH]c3ccc(C)cc23)C1. The average molecular weight is 272 g/mol. The molecule has 0 saturated carbocycles. The summed E-state index contributed by atoms with van der Waals surface area (Å²) in [7, 11) is 0. The molecule has 0 spiro atoms. The number of aromatic amines is 1. The summed E-state index contributed by atoms with van der Waals surface area (Å²) in [6, 6.07) is 6.66. The van der Waals surface area contributed by atoms with E-state index in [4.69, 9.17) is 4.74 Å². The van der Waals surface area contributed by atoms with E-state index in [0.29, 0.717) is 6.61 Å². The Hall–Kier alpha value is -1.97. The van der Waals surface area contributed by atoms with Crippen molar-refractivity contribution in [3.05, 3.63) is 35.0 Å². The standard InChI is InChI=1S/C16H20N2O2/c1-3-20-16(19)17-11-5-6-12-13-8-10(2)4-7-14(13)18-15(12)9-11/h4,7-8,11,18H,3,5-6,9H2,1-2H3,(H,17,19). The molecule has 0 bridgehead atoms. The predicted molar refractivity (Wildman–Crippen MR) is 79.0 cm³/mol. The summed E-state index contributed by atoms with van der Waals surface area (Å²) in [5.41, 5.74) is 5.13. The molecule has 1 atom stereocenters. The molecule has 106 valence electrons. The molecule has 1 aliphatic carbocycles. The Morgan fingerprint density at radius 1 is 1.50 bits per heavy atom. The van der Waals surface area contributed by atoms with E-state index < -0.39 is 0 Å².